The van der Waals surface area contributed by atoms with Crippen LogP contribution in [0.25, 0.3) is 0 Å². The predicted octanol–water partition coefficient (Wildman–Crippen LogP) is 4.60. The number of benzene rings is 1. The zero-order valence-electron chi connectivity index (χ0n) is 10.2. The Morgan fingerprint density at radius 1 is 1.44 bits per heavy atom. The first-order valence-corrected chi connectivity index (χ1v) is 6.50. The van der Waals surface area contributed by atoms with E-state index in [1.165, 1.54) is 5.56 Å². The molecule has 0 saturated carbocycles. The number of halogens is 1. The number of hydrogen-bond donors (Lipinski definition) is 0. The van der Waals surface area contributed by atoms with E-state index in [0.29, 0.717) is 12.5 Å². The zero-order valence-corrected chi connectivity index (χ0v) is 11.8. The molecule has 0 spiro atoms. The van der Waals surface area contributed by atoms with Crippen LogP contribution in [0.2, 0.25) is 0 Å². The summed E-state index contributed by atoms with van der Waals surface area (Å²) in [7, 11) is 0. The van der Waals surface area contributed by atoms with E-state index in [4.69, 9.17) is 4.74 Å². The molecule has 0 fully saturated rings. The molecule has 1 unspecified atom stereocenters. The Morgan fingerprint density at radius 3 is 2.75 bits per heavy atom. The van der Waals surface area contributed by atoms with Crippen molar-refractivity contribution in [1.29, 1.82) is 0 Å². The standard InChI is InChI=1S/C14H19BrO/c1-4-6-11(3)9-12-7-8-14(16-5-2)13(15)10-12/h4,6-8,10-11H,5,9H2,1-3H3/b6-4-. The van der Waals surface area contributed by atoms with Crippen LogP contribution < -0.4 is 4.74 Å². The van der Waals surface area contributed by atoms with Gasteiger partial charge in [0, 0.05) is 0 Å². The number of hydrogen-bond acceptors (Lipinski definition) is 1. The van der Waals surface area contributed by atoms with Crippen molar-refractivity contribution in [3.63, 3.8) is 0 Å². The molecule has 1 rings (SSSR count). The zero-order chi connectivity index (χ0) is 12.0. The van der Waals surface area contributed by atoms with Crippen molar-refractivity contribution >= 4 is 15.9 Å². The molecule has 88 valence electrons. The van der Waals surface area contributed by atoms with Crippen LogP contribution in [0.1, 0.15) is 26.3 Å². The molecule has 16 heavy (non-hydrogen) atoms. The van der Waals surface area contributed by atoms with Crippen molar-refractivity contribution in [3.8, 4) is 5.75 Å². The summed E-state index contributed by atoms with van der Waals surface area (Å²) < 4.78 is 6.52. The molecule has 1 nitrogen and oxygen atoms in total. The summed E-state index contributed by atoms with van der Waals surface area (Å²) >= 11 is 3.53. The molecule has 0 aliphatic carbocycles. The Balaban J connectivity index is 2.73. The highest BCUT2D eigenvalue weighted by atomic mass is 79.9. The Morgan fingerprint density at radius 2 is 2.19 bits per heavy atom. The first-order valence-electron chi connectivity index (χ1n) is 5.71. The molecule has 1 atom stereocenters. The van der Waals surface area contributed by atoms with Gasteiger partial charge in [0.2, 0.25) is 0 Å². The summed E-state index contributed by atoms with van der Waals surface area (Å²) in [6.07, 6.45) is 5.40. The van der Waals surface area contributed by atoms with Crippen molar-refractivity contribution in [2.24, 2.45) is 5.92 Å². The van der Waals surface area contributed by atoms with E-state index in [-0.39, 0.29) is 0 Å². The molecule has 2 heteroatoms. The van der Waals surface area contributed by atoms with Gasteiger partial charge in [-0.05, 0) is 59.8 Å². The van der Waals surface area contributed by atoms with Crippen LogP contribution in [0.3, 0.4) is 0 Å². The molecule has 1 aromatic carbocycles. The third kappa shape index (κ3) is 4.01. The van der Waals surface area contributed by atoms with Crippen molar-refractivity contribution in [2.75, 3.05) is 6.61 Å². The van der Waals surface area contributed by atoms with E-state index in [9.17, 15) is 0 Å². The Bertz CT molecular complexity index is 358. The summed E-state index contributed by atoms with van der Waals surface area (Å²) in [4.78, 5) is 0. The Kier molecular flexibility index (Phi) is 5.61. The lowest BCUT2D eigenvalue weighted by Gasteiger charge is -2.10. The van der Waals surface area contributed by atoms with Gasteiger partial charge >= 0.3 is 0 Å². The van der Waals surface area contributed by atoms with Gasteiger partial charge in [0.25, 0.3) is 0 Å². The smallest absolute Gasteiger partial charge is 0.133 e. The number of rotatable bonds is 5. The van der Waals surface area contributed by atoms with Crippen molar-refractivity contribution in [3.05, 3.63) is 40.4 Å². The van der Waals surface area contributed by atoms with Crippen LogP contribution in [0.5, 0.6) is 5.75 Å². The fourth-order valence-corrected chi connectivity index (χ4v) is 2.25. The van der Waals surface area contributed by atoms with E-state index >= 15 is 0 Å². The van der Waals surface area contributed by atoms with Crippen LogP contribution in [0.4, 0.5) is 0 Å². The van der Waals surface area contributed by atoms with E-state index in [0.717, 1.165) is 16.6 Å². The highest BCUT2D eigenvalue weighted by Gasteiger charge is 2.04. The SMILES string of the molecule is C/C=C\C(C)Cc1ccc(OCC)c(Br)c1. The quantitative estimate of drug-likeness (QED) is 0.717. The molecule has 0 saturated heterocycles. The lowest BCUT2D eigenvalue weighted by molar-refractivity contribution is 0.338. The van der Waals surface area contributed by atoms with Gasteiger partial charge in [-0.25, -0.2) is 0 Å². The van der Waals surface area contributed by atoms with Crippen LogP contribution in [-0.4, -0.2) is 6.61 Å². The summed E-state index contributed by atoms with van der Waals surface area (Å²) in [5.74, 6) is 1.50. The third-order valence-corrected chi connectivity index (χ3v) is 2.99. The second-order valence-electron chi connectivity index (χ2n) is 3.90. The summed E-state index contributed by atoms with van der Waals surface area (Å²) in [6, 6.07) is 6.31. The minimum atomic E-state index is 0.579. The molecule has 0 radical (unpaired) electrons. The summed E-state index contributed by atoms with van der Waals surface area (Å²) in [6.45, 7) is 6.98. The monoisotopic (exact) mass is 282 g/mol. The molecule has 0 heterocycles. The second kappa shape index (κ2) is 6.74. The molecular weight excluding hydrogens is 264 g/mol. The van der Waals surface area contributed by atoms with E-state index in [1.807, 2.05) is 13.0 Å². The van der Waals surface area contributed by atoms with Gasteiger partial charge in [-0.2, -0.15) is 0 Å². The Hall–Kier alpha value is -0.760. The van der Waals surface area contributed by atoms with Crippen LogP contribution in [-0.2, 0) is 6.42 Å². The molecule has 0 bridgehead atoms. The molecule has 0 aliphatic heterocycles. The Labute approximate surface area is 107 Å². The van der Waals surface area contributed by atoms with Crippen molar-refractivity contribution in [1.82, 2.24) is 0 Å². The predicted molar refractivity (Wildman–Crippen MR) is 73.0 cm³/mol. The van der Waals surface area contributed by atoms with Crippen LogP contribution >= 0.6 is 15.9 Å². The molecule has 0 aliphatic rings. The van der Waals surface area contributed by atoms with E-state index < -0.39 is 0 Å². The highest BCUT2D eigenvalue weighted by Crippen LogP contribution is 2.27. The first kappa shape index (κ1) is 13.3. The fourth-order valence-electron chi connectivity index (χ4n) is 1.71. The second-order valence-corrected chi connectivity index (χ2v) is 4.76. The minimum absolute atomic E-state index is 0.579. The maximum atomic E-state index is 5.48. The largest absolute Gasteiger partial charge is 0.493 e. The molecule has 0 aromatic heterocycles. The van der Waals surface area contributed by atoms with Gasteiger partial charge in [0.05, 0.1) is 11.1 Å². The van der Waals surface area contributed by atoms with Crippen molar-refractivity contribution < 1.29 is 4.74 Å². The number of allylic oxidation sites excluding steroid dienone is 2. The lowest BCUT2D eigenvalue weighted by atomic mass is 10.0. The average Bonchev–Trinajstić information content (AvgIpc) is 2.22. The molecule has 0 amide bonds. The average molecular weight is 283 g/mol. The van der Waals surface area contributed by atoms with Crippen molar-refractivity contribution in [2.45, 2.75) is 27.2 Å². The maximum Gasteiger partial charge on any atom is 0.133 e. The van der Waals surface area contributed by atoms with Gasteiger partial charge in [0.15, 0.2) is 0 Å². The third-order valence-electron chi connectivity index (χ3n) is 2.37. The normalized spacial score (nSPS) is 13.0. The summed E-state index contributed by atoms with van der Waals surface area (Å²) in [5.41, 5.74) is 1.33. The van der Waals surface area contributed by atoms with Gasteiger partial charge in [-0.1, -0.05) is 25.1 Å². The van der Waals surface area contributed by atoms with Crippen LogP contribution in [0, 0.1) is 5.92 Å². The van der Waals surface area contributed by atoms with E-state index in [1.54, 1.807) is 0 Å². The summed E-state index contributed by atoms with van der Waals surface area (Å²) in [5, 5.41) is 0. The number of ether oxygens (including phenoxy) is 1. The fraction of sp³-hybridized carbons (Fsp3) is 0.429. The van der Waals surface area contributed by atoms with E-state index in [2.05, 4.69) is 54.1 Å². The van der Waals surface area contributed by atoms with Gasteiger partial charge in [0.1, 0.15) is 5.75 Å². The topological polar surface area (TPSA) is 9.23 Å². The van der Waals surface area contributed by atoms with Crippen LogP contribution in [0.15, 0.2) is 34.8 Å². The lowest BCUT2D eigenvalue weighted by Crippen LogP contribution is -1.97. The minimum Gasteiger partial charge on any atom is -0.493 e. The first-order chi connectivity index (χ1) is 7.67. The maximum absolute atomic E-state index is 5.48. The van der Waals surface area contributed by atoms with Gasteiger partial charge < -0.3 is 4.74 Å². The van der Waals surface area contributed by atoms with Gasteiger partial charge in [-0.3, -0.25) is 0 Å². The molecule has 1 aromatic rings. The molecule has 0 N–H and O–H groups in total. The molecular formula is C14H19BrO. The van der Waals surface area contributed by atoms with Gasteiger partial charge in [-0.15, -0.1) is 0 Å². The highest BCUT2D eigenvalue weighted by molar-refractivity contribution is 9.10.